The molecule has 0 aromatic carbocycles. The van der Waals surface area contributed by atoms with Gasteiger partial charge in [0.1, 0.15) is 13.2 Å². The molecule has 0 aromatic rings. The van der Waals surface area contributed by atoms with Gasteiger partial charge in [-0.05, 0) is 83.5 Å². The van der Waals surface area contributed by atoms with Crippen molar-refractivity contribution in [3.05, 3.63) is 97.2 Å². The molecule has 0 radical (unpaired) electrons. The van der Waals surface area contributed by atoms with Crippen LogP contribution in [0.5, 0.6) is 0 Å². The van der Waals surface area contributed by atoms with Crippen LogP contribution in [0.4, 0.5) is 0 Å². The van der Waals surface area contributed by atoms with Crippen LogP contribution in [0.3, 0.4) is 0 Å². The summed E-state index contributed by atoms with van der Waals surface area (Å²) in [5.74, 6) is -0.208. The van der Waals surface area contributed by atoms with Gasteiger partial charge in [-0.15, -0.1) is 0 Å². The van der Waals surface area contributed by atoms with E-state index in [2.05, 4.69) is 104 Å². The topological polar surface area (TPSA) is 108 Å². The minimum absolute atomic E-state index is 0.00882. The van der Waals surface area contributed by atoms with Crippen LogP contribution in [-0.4, -0.2) is 68.5 Å². The molecule has 3 unspecified atom stereocenters. The number of phosphoric ester groups is 1. The number of amides is 1. The SMILES string of the molecule is CC/C=C\C/C=C\C/C=C\C/C=C\C/C=C\C/C=C\CCCCCCCCCCCCCCCCCCC(=O)NC(COP(=O)([O-])OCC[N+](C)(C)C)C(O)/C=C/CC/C=C/CCCCCCCCCCCCCCC. The molecular formula is C67H121N2O6P. The van der Waals surface area contributed by atoms with Gasteiger partial charge in [-0.3, -0.25) is 9.36 Å². The molecule has 0 aliphatic heterocycles. The lowest BCUT2D eigenvalue weighted by molar-refractivity contribution is -0.870. The molecule has 0 aromatic heterocycles. The zero-order chi connectivity index (χ0) is 55.6. The molecule has 3 atom stereocenters. The number of quaternary nitrogens is 1. The highest BCUT2D eigenvalue weighted by atomic mass is 31.2. The van der Waals surface area contributed by atoms with Gasteiger partial charge in [0.15, 0.2) is 0 Å². The van der Waals surface area contributed by atoms with E-state index in [4.69, 9.17) is 9.05 Å². The Morgan fingerprint density at radius 3 is 1.22 bits per heavy atom. The van der Waals surface area contributed by atoms with Gasteiger partial charge in [-0.1, -0.05) is 278 Å². The van der Waals surface area contributed by atoms with Crippen LogP contribution in [-0.2, 0) is 18.4 Å². The van der Waals surface area contributed by atoms with E-state index in [-0.39, 0.29) is 12.5 Å². The van der Waals surface area contributed by atoms with Crippen LogP contribution in [0.25, 0.3) is 0 Å². The molecule has 0 saturated carbocycles. The zero-order valence-electron chi connectivity index (χ0n) is 50.2. The largest absolute Gasteiger partial charge is 0.756 e. The van der Waals surface area contributed by atoms with Gasteiger partial charge in [0.25, 0.3) is 7.82 Å². The fourth-order valence-corrected chi connectivity index (χ4v) is 9.60. The fourth-order valence-electron chi connectivity index (χ4n) is 8.88. The second-order valence-corrected chi connectivity index (χ2v) is 23.8. The standard InChI is InChI=1S/C67H121N2O6P/c1-6-8-10-12-14-16-18-20-22-24-26-27-28-29-30-31-32-33-34-35-36-37-38-39-40-41-43-45-47-49-51-53-55-57-59-61-67(71)68-65(64-75-76(72,73)74-63-62-69(3,4)5)66(70)60-58-56-54-52-50-48-46-44-42-25-23-21-19-17-15-13-11-9-7-2/h8,10,14,16,20,22,26-27,29-30,32-33,50,52,58,60,65-66,70H,6-7,9,11-13,15,17-19,21,23-25,28,31,34-49,51,53-57,59,61-64H2,1-5H3,(H-,68,71,72,73)/b10-8-,16-14-,22-20-,27-26-,30-29-,33-32-,52-50+,60-58+. The number of rotatable bonds is 57. The summed E-state index contributed by atoms with van der Waals surface area (Å²) in [7, 11) is 1.24. The molecule has 440 valence electrons. The average molecular weight is 1080 g/mol. The molecule has 2 N–H and O–H groups in total. The second kappa shape index (κ2) is 57.1. The van der Waals surface area contributed by atoms with Crippen molar-refractivity contribution >= 4 is 13.7 Å². The minimum atomic E-state index is -4.61. The number of phosphoric acid groups is 1. The molecule has 0 aliphatic rings. The number of nitrogens with one attached hydrogen (secondary N) is 1. The summed E-state index contributed by atoms with van der Waals surface area (Å²) in [6.07, 6.45) is 82.2. The highest BCUT2D eigenvalue weighted by molar-refractivity contribution is 7.45. The summed E-state index contributed by atoms with van der Waals surface area (Å²) >= 11 is 0. The quantitative estimate of drug-likeness (QED) is 0.0272. The van der Waals surface area contributed by atoms with Gasteiger partial charge < -0.3 is 28.8 Å². The molecule has 0 heterocycles. The van der Waals surface area contributed by atoms with Crippen molar-refractivity contribution in [3.63, 3.8) is 0 Å². The van der Waals surface area contributed by atoms with E-state index in [0.717, 1.165) is 77.0 Å². The summed E-state index contributed by atoms with van der Waals surface area (Å²) in [6.45, 7) is 4.53. The van der Waals surface area contributed by atoms with Crippen molar-refractivity contribution in [1.29, 1.82) is 0 Å². The van der Waals surface area contributed by atoms with Gasteiger partial charge in [-0.25, -0.2) is 0 Å². The Kier molecular flexibility index (Phi) is 55.2. The summed E-state index contributed by atoms with van der Waals surface area (Å²) in [5, 5.41) is 13.9. The van der Waals surface area contributed by atoms with Crippen LogP contribution < -0.4 is 10.2 Å². The van der Waals surface area contributed by atoms with Crippen LogP contribution >= 0.6 is 7.82 Å². The monoisotopic (exact) mass is 1080 g/mol. The number of carbonyl (C=O) groups is 1. The summed E-state index contributed by atoms with van der Waals surface area (Å²) in [4.78, 5) is 25.5. The van der Waals surface area contributed by atoms with Gasteiger partial charge in [-0.2, -0.15) is 0 Å². The molecule has 1 amide bonds. The number of nitrogens with zero attached hydrogens (tertiary/aromatic N) is 1. The van der Waals surface area contributed by atoms with Crippen LogP contribution in [0.15, 0.2) is 97.2 Å². The molecule has 0 saturated heterocycles. The van der Waals surface area contributed by atoms with Gasteiger partial charge in [0, 0.05) is 6.42 Å². The van der Waals surface area contributed by atoms with E-state index in [1.165, 1.54) is 173 Å². The maximum absolute atomic E-state index is 13.0. The third kappa shape index (κ3) is 59.1. The van der Waals surface area contributed by atoms with Gasteiger partial charge in [0.2, 0.25) is 5.91 Å². The first-order valence-electron chi connectivity index (χ1n) is 31.6. The maximum atomic E-state index is 13.0. The molecule has 8 nitrogen and oxygen atoms in total. The number of aliphatic hydroxyl groups is 1. The Morgan fingerprint density at radius 2 is 0.816 bits per heavy atom. The zero-order valence-corrected chi connectivity index (χ0v) is 51.1. The minimum Gasteiger partial charge on any atom is -0.756 e. The van der Waals surface area contributed by atoms with E-state index in [9.17, 15) is 19.4 Å². The first kappa shape index (κ1) is 73.4. The number of aliphatic hydroxyl groups excluding tert-OH is 1. The third-order valence-corrected chi connectivity index (χ3v) is 14.7. The molecule has 0 rings (SSSR count). The smallest absolute Gasteiger partial charge is 0.268 e. The van der Waals surface area contributed by atoms with E-state index in [0.29, 0.717) is 17.4 Å². The van der Waals surface area contributed by atoms with Gasteiger partial charge >= 0.3 is 0 Å². The average Bonchev–Trinajstić information content (AvgIpc) is 3.38. The molecule has 9 heteroatoms. The van der Waals surface area contributed by atoms with Crippen LogP contribution in [0.2, 0.25) is 0 Å². The predicted octanol–water partition coefficient (Wildman–Crippen LogP) is 19.1. The lowest BCUT2D eigenvalue weighted by atomic mass is 10.0. The van der Waals surface area contributed by atoms with Gasteiger partial charge in [0.05, 0.1) is 39.9 Å². The van der Waals surface area contributed by atoms with E-state index >= 15 is 0 Å². The summed E-state index contributed by atoms with van der Waals surface area (Å²) < 4.78 is 23.4. The molecule has 0 fully saturated rings. The lowest BCUT2D eigenvalue weighted by Crippen LogP contribution is -2.45. The molecule has 0 bridgehead atoms. The maximum Gasteiger partial charge on any atom is 0.268 e. The van der Waals surface area contributed by atoms with Crippen LogP contribution in [0, 0.1) is 0 Å². The third-order valence-electron chi connectivity index (χ3n) is 13.8. The van der Waals surface area contributed by atoms with Crippen molar-refractivity contribution < 1.29 is 32.9 Å². The fraction of sp³-hybridized carbons (Fsp3) is 0.746. The Hall–Kier alpha value is -2.58. The van der Waals surface area contributed by atoms with Crippen molar-refractivity contribution in [3.8, 4) is 0 Å². The highest BCUT2D eigenvalue weighted by Crippen LogP contribution is 2.38. The summed E-state index contributed by atoms with van der Waals surface area (Å²) in [6, 6.07) is -0.908. The lowest BCUT2D eigenvalue weighted by Gasteiger charge is -2.29. The normalized spacial score (nSPS) is 14.5. The predicted molar refractivity (Wildman–Crippen MR) is 329 cm³/mol. The Balaban J connectivity index is 4.11. The van der Waals surface area contributed by atoms with E-state index in [1.807, 2.05) is 27.2 Å². The second-order valence-electron chi connectivity index (χ2n) is 22.4. The number of carbonyl (C=O) groups excluding carboxylic acids is 1. The first-order valence-corrected chi connectivity index (χ1v) is 33.1. The Labute approximate surface area is 470 Å². The molecule has 76 heavy (non-hydrogen) atoms. The number of hydrogen-bond acceptors (Lipinski definition) is 6. The van der Waals surface area contributed by atoms with Crippen molar-refractivity contribution in [1.82, 2.24) is 5.32 Å². The Bertz CT molecular complexity index is 1560. The molecular weight excluding hydrogens is 960 g/mol. The molecule has 0 aliphatic carbocycles. The van der Waals surface area contributed by atoms with Crippen molar-refractivity contribution in [2.45, 2.75) is 283 Å². The Morgan fingerprint density at radius 1 is 0.474 bits per heavy atom. The molecule has 0 spiro atoms. The first-order chi connectivity index (χ1) is 37.0. The number of hydrogen-bond donors (Lipinski definition) is 2. The number of allylic oxidation sites excluding steroid dienone is 15. The van der Waals surface area contributed by atoms with E-state index < -0.39 is 26.6 Å². The van der Waals surface area contributed by atoms with Crippen molar-refractivity contribution in [2.75, 3.05) is 40.9 Å². The van der Waals surface area contributed by atoms with Crippen LogP contribution in [0.1, 0.15) is 271 Å². The highest BCUT2D eigenvalue weighted by Gasteiger charge is 2.23. The van der Waals surface area contributed by atoms with Crippen molar-refractivity contribution in [2.24, 2.45) is 0 Å². The summed E-state index contributed by atoms with van der Waals surface area (Å²) in [5.41, 5.74) is 0. The van der Waals surface area contributed by atoms with E-state index in [1.54, 1.807) is 6.08 Å². The number of likely N-dealkylation sites (N-methyl/N-ethyl adjacent to an activating group) is 1. The number of unbranched alkanes of at least 4 members (excludes halogenated alkanes) is 30.